The lowest BCUT2D eigenvalue weighted by Gasteiger charge is -2.15. The van der Waals surface area contributed by atoms with Crippen LogP contribution in [-0.4, -0.2) is 41.1 Å². The van der Waals surface area contributed by atoms with Crippen LogP contribution in [0.15, 0.2) is 0 Å². The fraction of sp³-hybridized carbons (Fsp3) is 0.750. The third-order valence-electron chi connectivity index (χ3n) is 2.05. The highest BCUT2D eigenvalue weighted by molar-refractivity contribution is 7.92. The fourth-order valence-corrected chi connectivity index (χ4v) is 2.66. The molecule has 2 atom stereocenters. The summed E-state index contributed by atoms with van der Waals surface area (Å²) in [7, 11) is -3.69. The van der Waals surface area contributed by atoms with Gasteiger partial charge in [0, 0.05) is 0 Å². The van der Waals surface area contributed by atoms with Crippen LogP contribution >= 0.6 is 0 Å². The maximum atomic E-state index is 11.6. The molecular formula is C8H14O6S. The van der Waals surface area contributed by atoms with Crippen molar-refractivity contribution < 1.29 is 28.2 Å². The van der Waals surface area contributed by atoms with Gasteiger partial charge in [-0.2, -0.15) is 0 Å². The first-order chi connectivity index (χ1) is 6.67. The highest BCUT2D eigenvalue weighted by Gasteiger charge is 2.30. The number of carboxylic acid groups (broad SMARTS) is 2. The number of rotatable bonds is 6. The van der Waals surface area contributed by atoms with Crippen LogP contribution in [0.25, 0.3) is 0 Å². The fourth-order valence-electron chi connectivity index (χ4n) is 1.12. The van der Waals surface area contributed by atoms with Crippen molar-refractivity contribution in [2.45, 2.75) is 37.2 Å². The minimum Gasteiger partial charge on any atom is -0.481 e. The summed E-state index contributed by atoms with van der Waals surface area (Å²) < 4.78 is 23.1. The molecule has 0 spiro atoms. The Hall–Kier alpha value is -1.11. The van der Waals surface area contributed by atoms with Crippen molar-refractivity contribution in [2.75, 3.05) is 0 Å². The zero-order valence-electron chi connectivity index (χ0n) is 8.50. The molecule has 0 aromatic rings. The molecule has 0 fully saturated rings. The lowest BCUT2D eigenvalue weighted by atomic mass is 10.3. The van der Waals surface area contributed by atoms with E-state index in [9.17, 15) is 18.0 Å². The molecule has 0 aliphatic heterocycles. The molecule has 7 heteroatoms. The Kier molecular flexibility index (Phi) is 4.73. The second kappa shape index (κ2) is 5.11. The van der Waals surface area contributed by atoms with Crippen molar-refractivity contribution in [2.24, 2.45) is 0 Å². The van der Waals surface area contributed by atoms with E-state index in [4.69, 9.17) is 10.2 Å². The van der Waals surface area contributed by atoms with Crippen LogP contribution in [0.3, 0.4) is 0 Å². The molecule has 0 aromatic carbocycles. The van der Waals surface area contributed by atoms with Gasteiger partial charge in [-0.05, 0) is 13.8 Å². The van der Waals surface area contributed by atoms with Gasteiger partial charge in [0.05, 0.1) is 23.3 Å². The minimum absolute atomic E-state index is 0.508. The van der Waals surface area contributed by atoms with Gasteiger partial charge >= 0.3 is 11.9 Å². The number of sulfone groups is 1. The molecule has 0 amide bonds. The third kappa shape index (κ3) is 4.28. The summed E-state index contributed by atoms with van der Waals surface area (Å²) in [4.78, 5) is 20.6. The smallest absolute Gasteiger partial charge is 0.304 e. The lowest BCUT2D eigenvalue weighted by molar-refractivity contribution is -0.137. The topological polar surface area (TPSA) is 109 Å². The van der Waals surface area contributed by atoms with Gasteiger partial charge in [0.25, 0.3) is 0 Å². The molecule has 6 nitrogen and oxygen atoms in total. The van der Waals surface area contributed by atoms with Gasteiger partial charge in [0.1, 0.15) is 0 Å². The highest BCUT2D eigenvalue weighted by Crippen LogP contribution is 2.15. The van der Waals surface area contributed by atoms with Crippen LogP contribution in [0.2, 0.25) is 0 Å². The molecular weight excluding hydrogens is 224 g/mol. The first kappa shape index (κ1) is 13.9. The molecule has 0 rings (SSSR count). The van der Waals surface area contributed by atoms with Gasteiger partial charge in [-0.3, -0.25) is 9.59 Å². The second-order valence-corrected chi connectivity index (χ2v) is 6.19. The summed E-state index contributed by atoms with van der Waals surface area (Å²) in [5, 5.41) is 14.7. The van der Waals surface area contributed by atoms with Crippen LogP contribution < -0.4 is 0 Å². The number of carboxylic acids is 2. The van der Waals surface area contributed by atoms with E-state index in [-0.39, 0.29) is 0 Å². The summed E-state index contributed by atoms with van der Waals surface area (Å²) in [5.41, 5.74) is 0. The van der Waals surface area contributed by atoms with E-state index >= 15 is 0 Å². The third-order valence-corrected chi connectivity index (χ3v) is 4.62. The first-order valence-corrected chi connectivity index (χ1v) is 5.95. The zero-order valence-corrected chi connectivity index (χ0v) is 9.32. The molecule has 0 saturated carbocycles. The van der Waals surface area contributed by atoms with Crippen molar-refractivity contribution in [1.82, 2.24) is 0 Å². The number of aliphatic carboxylic acids is 2. The number of hydrogen-bond acceptors (Lipinski definition) is 4. The molecule has 0 radical (unpaired) electrons. The molecule has 0 saturated heterocycles. The first-order valence-electron chi connectivity index (χ1n) is 4.34. The molecule has 88 valence electrons. The monoisotopic (exact) mass is 238 g/mol. The lowest BCUT2D eigenvalue weighted by Crippen LogP contribution is -2.31. The molecule has 0 aromatic heterocycles. The Morgan fingerprint density at radius 3 is 1.47 bits per heavy atom. The molecule has 2 N–H and O–H groups in total. The average molecular weight is 238 g/mol. The van der Waals surface area contributed by atoms with Crippen LogP contribution in [0, 0.1) is 0 Å². The van der Waals surface area contributed by atoms with Gasteiger partial charge < -0.3 is 10.2 Å². The maximum absolute atomic E-state index is 11.6. The van der Waals surface area contributed by atoms with Gasteiger partial charge in [-0.15, -0.1) is 0 Å². The number of carbonyl (C=O) groups is 2. The maximum Gasteiger partial charge on any atom is 0.304 e. The number of hydrogen-bond donors (Lipinski definition) is 2. The molecule has 0 aliphatic rings. The predicted molar refractivity (Wildman–Crippen MR) is 52.3 cm³/mol. The quantitative estimate of drug-likeness (QED) is 0.680. The van der Waals surface area contributed by atoms with E-state index in [1.165, 1.54) is 13.8 Å². The second-order valence-electron chi connectivity index (χ2n) is 3.41. The van der Waals surface area contributed by atoms with Gasteiger partial charge in [0.2, 0.25) is 0 Å². The SMILES string of the molecule is CC(CC(=O)O)S(=O)(=O)C(C)CC(=O)O. The largest absolute Gasteiger partial charge is 0.481 e. The van der Waals surface area contributed by atoms with Crippen LogP contribution in [0.1, 0.15) is 26.7 Å². The summed E-state index contributed by atoms with van der Waals surface area (Å²) >= 11 is 0. The summed E-state index contributed by atoms with van der Waals surface area (Å²) in [6.45, 7) is 2.53. The molecule has 15 heavy (non-hydrogen) atoms. The average Bonchev–Trinajstić information content (AvgIpc) is 2.01. The van der Waals surface area contributed by atoms with E-state index in [1.807, 2.05) is 0 Å². The molecule has 0 heterocycles. The Bertz CT molecular complexity index is 316. The normalized spacial score (nSPS) is 15.6. The van der Waals surface area contributed by atoms with Gasteiger partial charge in [-0.25, -0.2) is 8.42 Å². The van der Waals surface area contributed by atoms with Crippen molar-refractivity contribution in [3.05, 3.63) is 0 Å². The molecule has 0 aliphatic carbocycles. The van der Waals surface area contributed by atoms with Crippen molar-refractivity contribution in [3.8, 4) is 0 Å². The summed E-state index contributed by atoms with van der Waals surface area (Å²) in [6, 6.07) is 0. The van der Waals surface area contributed by atoms with Crippen molar-refractivity contribution >= 4 is 21.8 Å². The van der Waals surface area contributed by atoms with Crippen LogP contribution in [-0.2, 0) is 19.4 Å². The van der Waals surface area contributed by atoms with E-state index in [0.29, 0.717) is 0 Å². The van der Waals surface area contributed by atoms with E-state index in [2.05, 4.69) is 0 Å². The summed E-state index contributed by atoms with van der Waals surface area (Å²) in [6.07, 6.45) is -1.02. The van der Waals surface area contributed by atoms with Crippen molar-refractivity contribution in [1.29, 1.82) is 0 Å². The van der Waals surface area contributed by atoms with Gasteiger partial charge in [-0.1, -0.05) is 0 Å². The Labute approximate surface area is 87.8 Å². The van der Waals surface area contributed by atoms with Crippen LogP contribution in [0.4, 0.5) is 0 Å². The Morgan fingerprint density at radius 2 is 1.27 bits per heavy atom. The molecule has 0 bridgehead atoms. The Morgan fingerprint density at radius 1 is 1.00 bits per heavy atom. The standard InChI is InChI=1S/C8H14O6S/c1-5(3-7(9)10)15(13,14)6(2)4-8(11)12/h5-6H,3-4H2,1-2H3,(H,9,10)(H,11,12). The highest BCUT2D eigenvalue weighted by atomic mass is 32.2. The predicted octanol–water partition coefficient (Wildman–Crippen LogP) is 0.128. The zero-order chi connectivity index (χ0) is 12.2. The van der Waals surface area contributed by atoms with Crippen molar-refractivity contribution in [3.63, 3.8) is 0 Å². The molecule has 2 unspecified atom stereocenters. The van der Waals surface area contributed by atoms with E-state index in [0.717, 1.165) is 0 Å². The Balaban J connectivity index is 4.66. The van der Waals surface area contributed by atoms with Gasteiger partial charge in [0.15, 0.2) is 9.84 Å². The van der Waals surface area contributed by atoms with Crippen LogP contribution in [0.5, 0.6) is 0 Å². The summed E-state index contributed by atoms with van der Waals surface area (Å²) in [5.74, 6) is -2.43. The van der Waals surface area contributed by atoms with E-state index < -0.39 is 45.1 Å². The minimum atomic E-state index is -3.69. The van der Waals surface area contributed by atoms with E-state index in [1.54, 1.807) is 0 Å².